The average Bonchev–Trinajstić information content (AvgIpc) is 3.25. The quantitative estimate of drug-likeness (QED) is 0.770. The van der Waals surface area contributed by atoms with Crippen LogP contribution in [0, 0.1) is 0 Å². The monoisotopic (exact) mass is 296 g/mol. The first-order valence-electron chi connectivity index (χ1n) is 6.94. The Bertz CT molecular complexity index is 718. The van der Waals surface area contributed by atoms with Crippen molar-refractivity contribution >= 4 is 5.91 Å². The van der Waals surface area contributed by atoms with Gasteiger partial charge < -0.3 is 9.88 Å². The van der Waals surface area contributed by atoms with Crippen LogP contribution in [0.5, 0.6) is 0 Å². The Labute approximate surface area is 127 Å². The highest BCUT2D eigenvalue weighted by Crippen LogP contribution is 2.07. The van der Waals surface area contributed by atoms with Crippen molar-refractivity contribution in [3.63, 3.8) is 0 Å². The molecule has 3 aromatic rings. The zero-order valence-electron chi connectivity index (χ0n) is 12.1. The topological polar surface area (TPSA) is 77.6 Å². The van der Waals surface area contributed by atoms with E-state index in [0.29, 0.717) is 6.54 Å². The second-order valence-electron chi connectivity index (χ2n) is 4.88. The van der Waals surface area contributed by atoms with E-state index in [1.807, 2.05) is 31.3 Å². The number of carbonyl (C=O) groups is 1. The van der Waals surface area contributed by atoms with Crippen LogP contribution in [-0.4, -0.2) is 30.2 Å². The van der Waals surface area contributed by atoms with Gasteiger partial charge in [-0.25, -0.2) is 14.6 Å². The lowest BCUT2D eigenvalue weighted by molar-refractivity contribution is -0.124. The Morgan fingerprint density at radius 3 is 2.86 bits per heavy atom. The van der Waals surface area contributed by atoms with Gasteiger partial charge in [0.1, 0.15) is 6.04 Å². The van der Waals surface area contributed by atoms with Crippen molar-refractivity contribution < 1.29 is 4.79 Å². The van der Waals surface area contributed by atoms with E-state index >= 15 is 0 Å². The smallest absolute Gasteiger partial charge is 0.243 e. The summed E-state index contributed by atoms with van der Waals surface area (Å²) in [6, 6.07) is 5.34. The Balaban J connectivity index is 1.58. The molecule has 0 fully saturated rings. The van der Waals surface area contributed by atoms with Crippen LogP contribution in [-0.2, 0) is 11.3 Å². The standard InChI is InChI=1S/C15H16N6O/c1-12(20-8-6-16-11-20)15(22)18-10-13-3-4-14(17-9-13)21-7-2-5-19-21/h2-9,11-12H,10H2,1H3,(H,18,22)/t12-/m1/s1. The molecule has 0 spiro atoms. The number of amides is 1. The van der Waals surface area contributed by atoms with E-state index in [2.05, 4.69) is 20.4 Å². The summed E-state index contributed by atoms with van der Waals surface area (Å²) in [5.74, 6) is 0.681. The highest BCUT2D eigenvalue weighted by molar-refractivity contribution is 5.79. The van der Waals surface area contributed by atoms with Crippen molar-refractivity contribution in [1.82, 2.24) is 29.6 Å². The molecule has 0 aliphatic heterocycles. The van der Waals surface area contributed by atoms with E-state index in [1.54, 1.807) is 40.4 Å². The van der Waals surface area contributed by atoms with Crippen molar-refractivity contribution in [2.45, 2.75) is 19.5 Å². The van der Waals surface area contributed by atoms with E-state index in [-0.39, 0.29) is 11.9 Å². The zero-order chi connectivity index (χ0) is 15.4. The SMILES string of the molecule is C[C@H](C(=O)NCc1ccc(-n2cccn2)nc1)n1ccnc1. The van der Waals surface area contributed by atoms with Crippen molar-refractivity contribution in [3.05, 3.63) is 61.1 Å². The van der Waals surface area contributed by atoms with Crippen LogP contribution < -0.4 is 5.32 Å². The molecule has 1 N–H and O–H groups in total. The molecule has 22 heavy (non-hydrogen) atoms. The number of nitrogens with one attached hydrogen (secondary N) is 1. The fourth-order valence-electron chi connectivity index (χ4n) is 2.03. The molecule has 0 aliphatic rings. The first kappa shape index (κ1) is 14.0. The first-order valence-corrected chi connectivity index (χ1v) is 6.94. The summed E-state index contributed by atoms with van der Waals surface area (Å²) in [6.07, 6.45) is 10.3. The summed E-state index contributed by atoms with van der Waals surface area (Å²) in [5.41, 5.74) is 0.932. The fraction of sp³-hybridized carbons (Fsp3) is 0.200. The molecule has 0 radical (unpaired) electrons. The third-order valence-electron chi connectivity index (χ3n) is 3.37. The van der Waals surface area contributed by atoms with Crippen LogP contribution in [0.2, 0.25) is 0 Å². The molecule has 1 amide bonds. The van der Waals surface area contributed by atoms with Crippen LogP contribution >= 0.6 is 0 Å². The number of rotatable bonds is 5. The number of carbonyl (C=O) groups excluding carboxylic acids is 1. The van der Waals surface area contributed by atoms with Crippen molar-refractivity contribution in [2.75, 3.05) is 0 Å². The lowest BCUT2D eigenvalue weighted by Gasteiger charge is -2.13. The van der Waals surface area contributed by atoms with Crippen LogP contribution in [0.1, 0.15) is 18.5 Å². The van der Waals surface area contributed by atoms with Gasteiger partial charge in [-0.15, -0.1) is 0 Å². The van der Waals surface area contributed by atoms with Gasteiger partial charge in [0.15, 0.2) is 5.82 Å². The first-order chi connectivity index (χ1) is 10.7. The molecule has 0 aliphatic carbocycles. The number of nitrogens with zero attached hydrogens (tertiary/aromatic N) is 5. The molecule has 7 nitrogen and oxygen atoms in total. The third-order valence-corrected chi connectivity index (χ3v) is 3.37. The highest BCUT2D eigenvalue weighted by Gasteiger charge is 2.13. The van der Waals surface area contributed by atoms with Crippen LogP contribution in [0.3, 0.4) is 0 Å². The number of hydrogen-bond donors (Lipinski definition) is 1. The summed E-state index contributed by atoms with van der Waals surface area (Å²) >= 11 is 0. The second kappa shape index (κ2) is 6.21. The summed E-state index contributed by atoms with van der Waals surface area (Å²) in [7, 11) is 0. The third kappa shape index (κ3) is 3.03. The Morgan fingerprint density at radius 2 is 2.23 bits per heavy atom. The van der Waals surface area contributed by atoms with Gasteiger partial charge in [0.2, 0.25) is 5.91 Å². The number of hydrogen-bond acceptors (Lipinski definition) is 4. The number of pyridine rings is 1. The fourth-order valence-corrected chi connectivity index (χ4v) is 2.03. The Hall–Kier alpha value is -2.96. The Kier molecular flexibility index (Phi) is 3.95. The maximum atomic E-state index is 12.1. The number of imidazole rings is 1. The van der Waals surface area contributed by atoms with Gasteiger partial charge >= 0.3 is 0 Å². The zero-order valence-corrected chi connectivity index (χ0v) is 12.1. The minimum Gasteiger partial charge on any atom is -0.350 e. The molecular formula is C15H16N6O. The summed E-state index contributed by atoms with van der Waals surface area (Å²) in [5, 5.41) is 7.01. The molecule has 3 aromatic heterocycles. The molecule has 3 heterocycles. The molecule has 0 aromatic carbocycles. The van der Waals surface area contributed by atoms with E-state index < -0.39 is 0 Å². The van der Waals surface area contributed by atoms with Crippen molar-refractivity contribution in [3.8, 4) is 5.82 Å². The van der Waals surface area contributed by atoms with Gasteiger partial charge in [0, 0.05) is 37.5 Å². The molecule has 112 valence electrons. The van der Waals surface area contributed by atoms with Gasteiger partial charge in [-0.2, -0.15) is 5.10 Å². The predicted octanol–water partition coefficient (Wildman–Crippen LogP) is 1.34. The van der Waals surface area contributed by atoms with E-state index in [9.17, 15) is 4.79 Å². The Morgan fingerprint density at radius 1 is 1.32 bits per heavy atom. The maximum absolute atomic E-state index is 12.1. The normalized spacial score (nSPS) is 12.0. The molecule has 0 saturated heterocycles. The van der Waals surface area contributed by atoms with E-state index in [0.717, 1.165) is 11.4 Å². The molecule has 3 rings (SSSR count). The second-order valence-corrected chi connectivity index (χ2v) is 4.88. The van der Waals surface area contributed by atoms with Crippen molar-refractivity contribution in [2.24, 2.45) is 0 Å². The molecule has 0 unspecified atom stereocenters. The maximum Gasteiger partial charge on any atom is 0.243 e. The van der Waals surface area contributed by atoms with Crippen molar-refractivity contribution in [1.29, 1.82) is 0 Å². The lowest BCUT2D eigenvalue weighted by Crippen LogP contribution is -2.30. The van der Waals surface area contributed by atoms with E-state index in [1.165, 1.54) is 0 Å². The van der Waals surface area contributed by atoms with E-state index in [4.69, 9.17) is 0 Å². The van der Waals surface area contributed by atoms with Gasteiger partial charge in [-0.1, -0.05) is 6.07 Å². The van der Waals surface area contributed by atoms with Crippen LogP contribution in [0.4, 0.5) is 0 Å². The van der Waals surface area contributed by atoms with Crippen LogP contribution in [0.25, 0.3) is 5.82 Å². The molecule has 1 atom stereocenters. The number of aromatic nitrogens is 5. The average molecular weight is 296 g/mol. The van der Waals surface area contributed by atoms with Gasteiger partial charge in [0.25, 0.3) is 0 Å². The summed E-state index contributed by atoms with van der Waals surface area (Å²) < 4.78 is 3.44. The lowest BCUT2D eigenvalue weighted by atomic mass is 10.2. The summed E-state index contributed by atoms with van der Waals surface area (Å²) in [6.45, 7) is 2.26. The van der Waals surface area contributed by atoms with Gasteiger partial charge in [-0.05, 0) is 24.6 Å². The molecular weight excluding hydrogens is 280 g/mol. The summed E-state index contributed by atoms with van der Waals surface area (Å²) in [4.78, 5) is 20.3. The molecule has 0 bridgehead atoms. The van der Waals surface area contributed by atoms with Gasteiger partial charge in [0.05, 0.1) is 6.33 Å². The molecule has 0 saturated carbocycles. The predicted molar refractivity (Wildman–Crippen MR) is 80.1 cm³/mol. The molecule has 7 heteroatoms. The minimum atomic E-state index is -0.293. The van der Waals surface area contributed by atoms with Crippen LogP contribution in [0.15, 0.2) is 55.5 Å². The minimum absolute atomic E-state index is 0.0610. The largest absolute Gasteiger partial charge is 0.350 e. The highest BCUT2D eigenvalue weighted by atomic mass is 16.2. The van der Waals surface area contributed by atoms with Gasteiger partial charge in [-0.3, -0.25) is 4.79 Å².